The predicted octanol–water partition coefficient (Wildman–Crippen LogP) is 3.83. The van der Waals surface area contributed by atoms with E-state index in [2.05, 4.69) is 17.1 Å². The molecule has 0 unspecified atom stereocenters. The number of ether oxygens (including phenoxy) is 1. The van der Waals surface area contributed by atoms with Crippen LogP contribution in [0.25, 0.3) is 0 Å². The zero-order valence-corrected chi connectivity index (χ0v) is 12.8. The molecule has 1 radical (unpaired) electrons. The molecule has 0 aliphatic heterocycles. The van der Waals surface area contributed by atoms with E-state index in [9.17, 15) is 0 Å². The molecule has 2 aromatic carbocycles. The van der Waals surface area contributed by atoms with Gasteiger partial charge in [0.15, 0.2) is 0 Å². The Kier molecular flexibility index (Phi) is 5.76. The third kappa shape index (κ3) is 3.79. The van der Waals surface area contributed by atoms with Crippen molar-refractivity contribution in [3.63, 3.8) is 0 Å². The molecule has 0 aliphatic carbocycles. The molecule has 0 atom stereocenters. The van der Waals surface area contributed by atoms with Crippen LogP contribution in [-0.4, -0.2) is 12.8 Å². The van der Waals surface area contributed by atoms with Crippen LogP contribution in [0.4, 0.5) is 5.69 Å². The third-order valence-corrected chi connectivity index (χ3v) is 2.56. The summed E-state index contributed by atoms with van der Waals surface area (Å²) in [7, 11) is 1.66. The number of hydrogen-bond acceptors (Lipinski definition) is 2. The second-order valence-electron chi connectivity index (χ2n) is 3.76. The Morgan fingerprint density at radius 3 is 2.11 bits per heavy atom. The Labute approximate surface area is 121 Å². The van der Waals surface area contributed by atoms with Crippen molar-refractivity contribution in [2.24, 2.45) is 4.99 Å². The Hall–Kier alpha value is -1.44. The van der Waals surface area contributed by atoms with Crippen molar-refractivity contribution in [2.75, 3.05) is 7.11 Å². The van der Waals surface area contributed by atoms with Crippen molar-refractivity contribution in [3.8, 4) is 5.75 Å². The van der Waals surface area contributed by atoms with E-state index >= 15 is 0 Å². The number of rotatable bonds is 3. The fourth-order valence-electron chi connectivity index (χ4n) is 1.59. The Morgan fingerprint density at radius 2 is 1.56 bits per heavy atom. The normalized spacial score (nSPS) is 10.7. The van der Waals surface area contributed by atoms with Gasteiger partial charge in [0.25, 0.3) is 0 Å². The smallest absolute Gasteiger partial charge is 0.119 e. The van der Waals surface area contributed by atoms with E-state index in [0.717, 1.165) is 22.7 Å². The van der Waals surface area contributed by atoms with E-state index in [4.69, 9.17) is 4.74 Å². The molecule has 3 heteroatoms. The molecule has 0 spiro atoms. The van der Waals surface area contributed by atoms with E-state index in [1.54, 1.807) is 7.11 Å². The maximum atomic E-state index is 5.11. The van der Waals surface area contributed by atoms with Gasteiger partial charge in [0, 0.05) is 25.8 Å². The molecular formula is C15H15IrNO. The molecule has 0 saturated heterocycles. The van der Waals surface area contributed by atoms with Gasteiger partial charge in [-0.05, 0) is 36.8 Å². The van der Waals surface area contributed by atoms with Gasteiger partial charge in [0.2, 0.25) is 0 Å². The minimum Gasteiger partial charge on any atom is -0.497 e. The van der Waals surface area contributed by atoms with Crippen molar-refractivity contribution in [3.05, 3.63) is 60.2 Å². The van der Waals surface area contributed by atoms with Crippen LogP contribution < -0.4 is 4.74 Å². The summed E-state index contributed by atoms with van der Waals surface area (Å²) >= 11 is 0. The molecule has 18 heavy (non-hydrogen) atoms. The van der Waals surface area contributed by atoms with E-state index < -0.39 is 0 Å². The van der Waals surface area contributed by atoms with Crippen molar-refractivity contribution in [1.82, 2.24) is 0 Å². The van der Waals surface area contributed by atoms with Crippen LogP contribution in [0, 0.1) is 0 Å². The monoisotopic (exact) mass is 418 g/mol. The van der Waals surface area contributed by atoms with Crippen molar-refractivity contribution in [2.45, 2.75) is 6.92 Å². The molecule has 95 valence electrons. The molecule has 0 fully saturated rings. The average molecular weight is 418 g/mol. The van der Waals surface area contributed by atoms with Gasteiger partial charge in [-0.15, -0.1) is 0 Å². The van der Waals surface area contributed by atoms with Gasteiger partial charge in [-0.25, -0.2) is 0 Å². The molecule has 0 aliphatic rings. The second-order valence-corrected chi connectivity index (χ2v) is 3.76. The summed E-state index contributed by atoms with van der Waals surface area (Å²) in [4.78, 5) is 4.57. The van der Waals surface area contributed by atoms with E-state index in [1.165, 1.54) is 0 Å². The van der Waals surface area contributed by atoms with Crippen molar-refractivity contribution in [1.29, 1.82) is 0 Å². The molecule has 0 bridgehead atoms. The fourth-order valence-corrected chi connectivity index (χ4v) is 1.59. The average Bonchev–Trinajstić information content (AvgIpc) is 2.40. The summed E-state index contributed by atoms with van der Waals surface area (Å²) < 4.78 is 5.11. The number of nitrogens with zero attached hydrogens (tertiary/aromatic N) is 1. The quantitative estimate of drug-likeness (QED) is 0.696. The molecule has 2 rings (SSSR count). The summed E-state index contributed by atoms with van der Waals surface area (Å²) in [5.41, 5.74) is 3.09. The first-order valence-corrected chi connectivity index (χ1v) is 5.54. The summed E-state index contributed by atoms with van der Waals surface area (Å²) in [5, 5.41) is 0. The van der Waals surface area contributed by atoms with Crippen LogP contribution in [0.15, 0.2) is 59.6 Å². The summed E-state index contributed by atoms with van der Waals surface area (Å²) in [6.45, 7) is 2.01. The SMILES string of the molecule is COc1ccc(/N=C(\C)c2ccccc2)cc1.[Ir]. The zero-order valence-electron chi connectivity index (χ0n) is 10.4. The fraction of sp³-hybridized carbons (Fsp3) is 0.133. The van der Waals surface area contributed by atoms with Crippen molar-refractivity contribution >= 4 is 11.4 Å². The first-order chi connectivity index (χ1) is 8.29. The maximum Gasteiger partial charge on any atom is 0.119 e. The van der Waals surface area contributed by atoms with Gasteiger partial charge in [-0.2, -0.15) is 0 Å². The van der Waals surface area contributed by atoms with Gasteiger partial charge in [-0.1, -0.05) is 30.3 Å². The van der Waals surface area contributed by atoms with Crippen LogP contribution in [0.3, 0.4) is 0 Å². The third-order valence-electron chi connectivity index (χ3n) is 2.56. The maximum absolute atomic E-state index is 5.11. The molecule has 0 saturated carbocycles. The molecule has 2 nitrogen and oxygen atoms in total. The molecule has 0 amide bonds. The summed E-state index contributed by atoms with van der Waals surface area (Å²) in [6.07, 6.45) is 0. The largest absolute Gasteiger partial charge is 0.497 e. The summed E-state index contributed by atoms with van der Waals surface area (Å²) in [6, 6.07) is 17.9. The number of methoxy groups -OCH3 is 1. The molecule has 0 heterocycles. The van der Waals surface area contributed by atoms with Gasteiger partial charge in [-0.3, -0.25) is 4.99 Å². The predicted molar refractivity (Wildman–Crippen MR) is 71.3 cm³/mol. The van der Waals surface area contributed by atoms with E-state index in [0.29, 0.717) is 0 Å². The Bertz CT molecular complexity index is 506. The van der Waals surface area contributed by atoms with Crippen LogP contribution in [0.5, 0.6) is 5.75 Å². The van der Waals surface area contributed by atoms with Gasteiger partial charge in [0.05, 0.1) is 12.8 Å². The van der Waals surface area contributed by atoms with E-state index in [-0.39, 0.29) is 20.1 Å². The number of benzene rings is 2. The van der Waals surface area contributed by atoms with Gasteiger partial charge >= 0.3 is 0 Å². The first kappa shape index (κ1) is 14.6. The molecular weight excluding hydrogens is 402 g/mol. The van der Waals surface area contributed by atoms with Crippen LogP contribution in [0.1, 0.15) is 12.5 Å². The molecule has 0 aromatic heterocycles. The van der Waals surface area contributed by atoms with Gasteiger partial charge < -0.3 is 4.74 Å². The minimum atomic E-state index is 0. The van der Waals surface area contributed by atoms with Gasteiger partial charge in [0.1, 0.15) is 5.75 Å². The van der Waals surface area contributed by atoms with Crippen LogP contribution >= 0.6 is 0 Å². The Balaban J connectivity index is 0.00000162. The second kappa shape index (κ2) is 7.10. The topological polar surface area (TPSA) is 21.6 Å². The van der Waals surface area contributed by atoms with Crippen LogP contribution in [0.2, 0.25) is 0 Å². The molecule has 0 N–H and O–H groups in total. The Morgan fingerprint density at radius 1 is 0.944 bits per heavy atom. The zero-order chi connectivity index (χ0) is 12.1. The first-order valence-electron chi connectivity index (χ1n) is 5.54. The van der Waals surface area contributed by atoms with E-state index in [1.807, 2.05) is 49.4 Å². The summed E-state index contributed by atoms with van der Waals surface area (Å²) in [5.74, 6) is 0.848. The number of hydrogen-bond donors (Lipinski definition) is 0. The van der Waals surface area contributed by atoms with Crippen molar-refractivity contribution < 1.29 is 24.8 Å². The number of aliphatic imine (C=N–C) groups is 1. The standard InChI is InChI=1S/C15H15NO.Ir/c1-12(13-6-4-3-5-7-13)16-14-8-10-15(17-2)11-9-14;/h3-11H,1-2H3;/b16-12+;. The molecule has 2 aromatic rings. The minimum absolute atomic E-state index is 0. The van der Waals surface area contributed by atoms with Crippen LogP contribution in [-0.2, 0) is 20.1 Å².